The van der Waals surface area contributed by atoms with Gasteiger partial charge in [-0.2, -0.15) is 4.98 Å². The van der Waals surface area contributed by atoms with Crippen LogP contribution in [-0.2, 0) is 4.74 Å². The standard InChI is InChI=1S/C13H24N4O/c1-10(9-13(2,3)18-6)15-11-7-8-14-12(16-11)17(4)5/h7-8,10H,9H2,1-6H3,(H,14,15,16)/t10-/m0/s1. The average molecular weight is 252 g/mol. The van der Waals surface area contributed by atoms with Crippen LogP contribution in [0.4, 0.5) is 11.8 Å². The third-order valence-electron chi connectivity index (χ3n) is 2.79. The molecular weight excluding hydrogens is 228 g/mol. The lowest BCUT2D eigenvalue weighted by Crippen LogP contribution is -2.31. The number of hydrogen-bond acceptors (Lipinski definition) is 5. The molecule has 1 atom stereocenters. The summed E-state index contributed by atoms with van der Waals surface area (Å²) in [7, 11) is 5.59. The molecule has 1 rings (SSSR count). The van der Waals surface area contributed by atoms with Crippen LogP contribution in [0, 0.1) is 0 Å². The fourth-order valence-electron chi connectivity index (χ4n) is 1.77. The van der Waals surface area contributed by atoms with Gasteiger partial charge in [-0.1, -0.05) is 0 Å². The molecule has 0 aliphatic heterocycles. The van der Waals surface area contributed by atoms with Crippen molar-refractivity contribution in [1.29, 1.82) is 0 Å². The number of nitrogens with one attached hydrogen (secondary N) is 1. The SMILES string of the molecule is COC(C)(C)C[C@H](C)Nc1ccnc(N(C)C)n1. The van der Waals surface area contributed by atoms with Gasteiger partial charge in [0.2, 0.25) is 5.95 Å². The summed E-state index contributed by atoms with van der Waals surface area (Å²) in [5.74, 6) is 1.55. The summed E-state index contributed by atoms with van der Waals surface area (Å²) in [5, 5.41) is 3.37. The Labute approximate surface area is 110 Å². The molecule has 1 N–H and O–H groups in total. The van der Waals surface area contributed by atoms with Gasteiger partial charge in [0.05, 0.1) is 5.60 Å². The van der Waals surface area contributed by atoms with E-state index in [9.17, 15) is 0 Å². The second-order valence-corrected chi connectivity index (χ2v) is 5.35. The van der Waals surface area contributed by atoms with Crippen LogP contribution in [0.2, 0.25) is 0 Å². The van der Waals surface area contributed by atoms with Crippen LogP contribution in [0.15, 0.2) is 12.3 Å². The number of nitrogens with zero attached hydrogens (tertiary/aromatic N) is 3. The Morgan fingerprint density at radius 1 is 1.44 bits per heavy atom. The normalized spacial score (nSPS) is 13.2. The second-order valence-electron chi connectivity index (χ2n) is 5.35. The van der Waals surface area contributed by atoms with Gasteiger partial charge in [-0.25, -0.2) is 4.98 Å². The fourth-order valence-corrected chi connectivity index (χ4v) is 1.77. The predicted octanol–water partition coefficient (Wildman–Crippen LogP) is 2.16. The van der Waals surface area contributed by atoms with Crippen molar-refractivity contribution >= 4 is 11.8 Å². The van der Waals surface area contributed by atoms with Gasteiger partial charge in [-0.15, -0.1) is 0 Å². The third-order valence-corrected chi connectivity index (χ3v) is 2.79. The monoisotopic (exact) mass is 252 g/mol. The molecule has 0 saturated heterocycles. The highest BCUT2D eigenvalue weighted by Crippen LogP contribution is 2.18. The first-order chi connectivity index (χ1) is 8.34. The predicted molar refractivity (Wildman–Crippen MR) is 75.1 cm³/mol. The van der Waals surface area contributed by atoms with Crippen LogP contribution in [0.5, 0.6) is 0 Å². The van der Waals surface area contributed by atoms with E-state index in [-0.39, 0.29) is 11.6 Å². The Morgan fingerprint density at radius 2 is 2.11 bits per heavy atom. The fraction of sp³-hybridized carbons (Fsp3) is 0.692. The van der Waals surface area contributed by atoms with E-state index in [0.717, 1.165) is 12.2 Å². The van der Waals surface area contributed by atoms with Gasteiger partial charge in [0, 0.05) is 33.4 Å². The molecule has 0 fully saturated rings. The van der Waals surface area contributed by atoms with Crippen molar-refractivity contribution in [3.8, 4) is 0 Å². The van der Waals surface area contributed by atoms with Crippen molar-refractivity contribution in [1.82, 2.24) is 9.97 Å². The van der Waals surface area contributed by atoms with Crippen LogP contribution < -0.4 is 10.2 Å². The molecule has 5 nitrogen and oxygen atoms in total. The van der Waals surface area contributed by atoms with Crippen molar-refractivity contribution in [2.45, 2.75) is 38.8 Å². The summed E-state index contributed by atoms with van der Waals surface area (Å²) >= 11 is 0. The molecule has 5 heteroatoms. The molecule has 0 amide bonds. The van der Waals surface area contributed by atoms with E-state index >= 15 is 0 Å². The Balaban J connectivity index is 2.64. The van der Waals surface area contributed by atoms with Gasteiger partial charge in [-0.05, 0) is 33.3 Å². The number of rotatable bonds is 6. The minimum atomic E-state index is -0.135. The average Bonchev–Trinajstić information content (AvgIpc) is 2.28. The molecule has 0 aliphatic rings. The third kappa shape index (κ3) is 4.49. The van der Waals surface area contributed by atoms with Crippen molar-refractivity contribution < 1.29 is 4.74 Å². The van der Waals surface area contributed by atoms with Gasteiger partial charge in [0.25, 0.3) is 0 Å². The summed E-state index contributed by atoms with van der Waals surface area (Å²) in [4.78, 5) is 10.5. The van der Waals surface area contributed by atoms with Crippen LogP contribution in [0.3, 0.4) is 0 Å². The largest absolute Gasteiger partial charge is 0.379 e. The van der Waals surface area contributed by atoms with Gasteiger partial charge in [0.15, 0.2) is 0 Å². The van der Waals surface area contributed by atoms with Crippen LogP contribution in [-0.4, -0.2) is 42.8 Å². The van der Waals surface area contributed by atoms with E-state index in [4.69, 9.17) is 4.74 Å². The summed E-state index contributed by atoms with van der Waals surface area (Å²) < 4.78 is 5.43. The van der Waals surface area contributed by atoms with E-state index in [0.29, 0.717) is 5.95 Å². The van der Waals surface area contributed by atoms with Crippen molar-refractivity contribution in [3.05, 3.63) is 12.3 Å². The second kappa shape index (κ2) is 6.00. The van der Waals surface area contributed by atoms with E-state index < -0.39 is 0 Å². The first kappa shape index (κ1) is 14.7. The molecule has 102 valence electrons. The first-order valence-electron chi connectivity index (χ1n) is 6.16. The first-order valence-corrected chi connectivity index (χ1v) is 6.16. The molecule has 0 bridgehead atoms. The van der Waals surface area contributed by atoms with E-state index in [1.165, 1.54) is 0 Å². The van der Waals surface area contributed by atoms with Gasteiger partial charge in [0.1, 0.15) is 5.82 Å². The summed E-state index contributed by atoms with van der Waals surface area (Å²) in [5.41, 5.74) is -0.135. The number of hydrogen-bond donors (Lipinski definition) is 1. The smallest absolute Gasteiger partial charge is 0.226 e. The zero-order valence-electron chi connectivity index (χ0n) is 12.2. The van der Waals surface area contributed by atoms with Crippen molar-refractivity contribution in [3.63, 3.8) is 0 Å². The van der Waals surface area contributed by atoms with Crippen LogP contribution >= 0.6 is 0 Å². The quantitative estimate of drug-likeness (QED) is 0.840. The topological polar surface area (TPSA) is 50.3 Å². The molecule has 1 aromatic heterocycles. The molecule has 0 saturated carbocycles. The Bertz CT molecular complexity index is 379. The number of aromatic nitrogens is 2. The molecule has 1 heterocycles. The Hall–Kier alpha value is -1.36. The lowest BCUT2D eigenvalue weighted by atomic mass is 10.00. The molecule has 18 heavy (non-hydrogen) atoms. The number of ether oxygens (including phenoxy) is 1. The summed E-state index contributed by atoms with van der Waals surface area (Å²) in [6.45, 7) is 6.28. The summed E-state index contributed by atoms with van der Waals surface area (Å²) in [6, 6.07) is 2.16. The molecule has 0 radical (unpaired) electrons. The maximum Gasteiger partial charge on any atom is 0.226 e. The minimum Gasteiger partial charge on any atom is -0.379 e. The van der Waals surface area contributed by atoms with E-state index in [2.05, 4.69) is 36.1 Å². The Kier molecular flexibility index (Phi) is 4.90. The molecule has 0 unspecified atom stereocenters. The molecule has 1 aromatic rings. The number of anilines is 2. The minimum absolute atomic E-state index is 0.135. The van der Waals surface area contributed by atoms with Gasteiger partial charge in [-0.3, -0.25) is 0 Å². The van der Waals surface area contributed by atoms with Crippen molar-refractivity contribution in [2.75, 3.05) is 31.4 Å². The molecular formula is C13H24N4O. The molecule has 0 spiro atoms. The molecule has 0 aliphatic carbocycles. The maximum atomic E-state index is 5.43. The number of methoxy groups -OCH3 is 1. The highest BCUT2D eigenvalue weighted by molar-refractivity contribution is 5.40. The van der Waals surface area contributed by atoms with Crippen LogP contribution in [0.25, 0.3) is 0 Å². The van der Waals surface area contributed by atoms with Crippen LogP contribution in [0.1, 0.15) is 27.2 Å². The zero-order valence-corrected chi connectivity index (χ0v) is 12.2. The van der Waals surface area contributed by atoms with Gasteiger partial charge >= 0.3 is 0 Å². The Morgan fingerprint density at radius 3 is 2.67 bits per heavy atom. The highest BCUT2D eigenvalue weighted by Gasteiger charge is 2.20. The van der Waals surface area contributed by atoms with Crippen molar-refractivity contribution in [2.24, 2.45) is 0 Å². The summed E-state index contributed by atoms with van der Waals surface area (Å²) in [6.07, 6.45) is 2.67. The lowest BCUT2D eigenvalue weighted by Gasteiger charge is -2.27. The lowest BCUT2D eigenvalue weighted by molar-refractivity contribution is 0.0128. The maximum absolute atomic E-state index is 5.43. The van der Waals surface area contributed by atoms with Gasteiger partial charge < -0.3 is 15.0 Å². The van der Waals surface area contributed by atoms with E-state index in [1.54, 1.807) is 13.3 Å². The highest BCUT2D eigenvalue weighted by atomic mass is 16.5. The zero-order chi connectivity index (χ0) is 13.8. The molecule has 0 aromatic carbocycles. The van der Waals surface area contributed by atoms with E-state index in [1.807, 2.05) is 25.1 Å².